The smallest absolute Gasteiger partial charge is 0.304 e. The number of aliphatic carboxylic acids is 1. The number of para-hydroxylation sites is 1. The van der Waals surface area contributed by atoms with E-state index in [0.29, 0.717) is 17.9 Å². The quantitative estimate of drug-likeness (QED) is 0.502. The van der Waals surface area contributed by atoms with Crippen molar-refractivity contribution in [1.82, 2.24) is 4.90 Å². The van der Waals surface area contributed by atoms with Crippen LogP contribution in [0, 0.1) is 18.6 Å². The molecule has 6 heteroatoms. The van der Waals surface area contributed by atoms with Crippen molar-refractivity contribution in [3.63, 3.8) is 0 Å². The van der Waals surface area contributed by atoms with E-state index in [-0.39, 0.29) is 25.1 Å². The highest BCUT2D eigenvalue weighted by Gasteiger charge is 2.17. The van der Waals surface area contributed by atoms with Crippen LogP contribution in [0.1, 0.15) is 23.1 Å². The van der Waals surface area contributed by atoms with Crippen LogP contribution in [0.25, 0.3) is 0 Å². The highest BCUT2D eigenvalue weighted by Crippen LogP contribution is 2.23. The van der Waals surface area contributed by atoms with E-state index in [9.17, 15) is 13.6 Å². The molecule has 0 unspecified atom stereocenters. The van der Waals surface area contributed by atoms with Gasteiger partial charge < -0.3 is 9.84 Å². The minimum atomic E-state index is -0.961. The van der Waals surface area contributed by atoms with Crippen LogP contribution in [0.2, 0.25) is 0 Å². The molecule has 0 atom stereocenters. The Morgan fingerprint density at radius 3 is 2.27 bits per heavy atom. The molecule has 3 aromatic rings. The van der Waals surface area contributed by atoms with Gasteiger partial charge in [-0.2, -0.15) is 0 Å². The Labute approximate surface area is 174 Å². The summed E-state index contributed by atoms with van der Waals surface area (Å²) in [6, 6.07) is 19.3. The minimum Gasteiger partial charge on any atom is -0.481 e. The average Bonchev–Trinajstić information content (AvgIpc) is 2.74. The molecule has 1 N–H and O–H groups in total. The van der Waals surface area contributed by atoms with Crippen molar-refractivity contribution in [2.24, 2.45) is 0 Å². The van der Waals surface area contributed by atoms with Crippen LogP contribution in [-0.2, 0) is 17.9 Å². The van der Waals surface area contributed by atoms with Crippen LogP contribution >= 0.6 is 0 Å². The van der Waals surface area contributed by atoms with E-state index >= 15 is 0 Å². The molecular formula is C24H23F2NO3. The Morgan fingerprint density at radius 1 is 0.933 bits per heavy atom. The van der Waals surface area contributed by atoms with Crippen molar-refractivity contribution in [3.8, 4) is 11.5 Å². The maximum absolute atomic E-state index is 14.4. The van der Waals surface area contributed by atoms with E-state index in [2.05, 4.69) is 0 Å². The maximum Gasteiger partial charge on any atom is 0.304 e. The summed E-state index contributed by atoms with van der Waals surface area (Å²) in [6.07, 6.45) is -0.121. The van der Waals surface area contributed by atoms with Gasteiger partial charge in [0.05, 0.1) is 6.42 Å². The van der Waals surface area contributed by atoms with Crippen LogP contribution < -0.4 is 4.74 Å². The molecular weight excluding hydrogens is 388 g/mol. The first-order valence-electron chi connectivity index (χ1n) is 9.62. The predicted molar refractivity (Wildman–Crippen MR) is 110 cm³/mol. The van der Waals surface area contributed by atoms with Gasteiger partial charge in [-0.15, -0.1) is 0 Å². The molecule has 0 fully saturated rings. The van der Waals surface area contributed by atoms with E-state index < -0.39 is 17.6 Å². The predicted octanol–water partition coefficient (Wildman–Crippen LogP) is 5.54. The van der Waals surface area contributed by atoms with Crippen molar-refractivity contribution >= 4 is 5.97 Å². The van der Waals surface area contributed by atoms with Gasteiger partial charge in [0.1, 0.15) is 23.1 Å². The Bertz CT molecular complexity index is 991. The summed E-state index contributed by atoms with van der Waals surface area (Å²) in [5, 5.41) is 9.03. The highest BCUT2D eigenvalue weighted by molar-refractivity contribution is 5.66. The van der Waals surface area contributed by atoms with Gasteiger partial charge in [-0.05, 0) is 48.4 Å². The van der Waals surface area contributed by atoms with Crippen LogP contribution in [0.3, 0.4) is 0 Å². The number of aryl methyl sites for hydroxylation is 1. The largest absolute Gasteiger partial charge is 0.481 e. The van der Waals surface area contributed by atoms with Crippen molar-refractivity contribution < 1.29 is 23.4 Å². The van der Waals surface area contributed by atoms with Crippen LogP contribution in [0.15, 0.2) is 66.7 Å². The number of benzene rings is 3. The van der Waals surface area contributed by atoms with Crippen molar-refractivity contribution in [2.75, 3.05) is 6.54 Å². The number of carboxylic acids is 1. The van der Waals surface area contributed by atoms with E-state index in [1.165, 1.54) is 12.1 Å². The molecule has 0 saturated carbocycles. The van der Waals surface area contributed by atoms with Gasteiger partial charge >= 0.3 is 5.97 Å². The third-order valence-electron chi connectivity index (χ3n) is 4.71. The first-order valence-corrected chi connectivity index (χ1v) is 9.62. The molecule has 0 aliphatic heterocycles. The molecule has 0 aliphatic rings. The summed E-state index contributed by atoms with van der Waals surface area (Å²) in [5.41, 5.74) is 1.19. The number of carboxylic acid groups (broad SMARTS) is 1. The molecule has 0 aliphatic carbocycles. The third-order valence-corrected chi connectivity index (χ3v) is 4.71. The molecule has 0 bridgehead atoms. The standard InChI is InChI=1S/C24H23F2NO3/c1-17-7-12-22(25)21(24(17)26)16-27(14-13-23(28)29)15-18-8-10-20(11-9-18)30-19-5-3-2-4-6-19/h2-12H,13-16H2,1H3,(H,28,29). The Balaban J connectivity index is 1.73. The van der Waals surface area contributed by atoms with Gasteiger partial charge in [-0.3, -0.25) is 9.69 Å². The highest BCUT2D eigenvalue weighted by atomic mass is 19.1. The molecule has 0 radical (unpaired) electrons. The van der Waals surface area contributed by atoms with Crippen LogP contribution in [-0.4, -0.2) is 22.5 Å². The molecule has 156 valence electrons. The lowest BCUT2D eigenvalue weighted by Gasteiger charge is -2.23. The second-order valence-electron chi connectivity index (χ2n) is 7.07. The van der Waals surface area contributed by atoms with Gasteiger partial charge in [-0.25, -0.2) is 8.78 Å². The normalized spacial score (nSPS) is 10.9. The Kier molecular flexibility index (Phi) is 7.14. The zero-order valence-electron chi connectivity index (χ0n) is 16.6. The number of hydrogen-bond acceptors (Lipinski definition) is 3. The van der Waals surface area contributed by atoms with E-state index in [1.807, 2.05) is 54.6 Å². The fourth-order valence-electron chi connectivity index (χ4n) is 3.10. The van der Waals surface area contributed by atoms with Crippen LogP contribution in [0.4, 0.5) is 8.78 Å². The van der Waals surface area contributed by atoms with E-state index in [1.54, 1.807) is 11.8 Å². The SMILES string of the molecule is Cc1ccc(F)c(CN(CCC(=O)O)Cc2ccc(Oc3ccccc3)cc2)c1F. The van der Waals surface area contributed by atoms with Crippen molar-refractivity contribution in [3.05, 3.63) is 95.1 Å². The molecule has 0 saturated heterocycles. The fraction of sp³-hybridized carbons (Fsp3) is 0.208. The molecule has 0 heterocycles. The van der Waals surface area contributed by atoms with Gasteiger partial charge in [0.15, 0.2) is 0 Å². The third kappa shape index (κ3) is 5.87. The van der Waals surface area contributed by atoms with Gasteiger partial charge in [-0.1, -0.05) is 36.4 Å². The lowest BCUT2D eigenvalue weighted by atomic mass is 10.1. The summed E-state index contributed by atoms with van der Waals surface area (Å²) in [7, 11) is 0. The molecule has 0 amide bonds. The zero-order chi connectivity index (χ0) is 21.5. The first-order chi connectivity index (χ1) is 14.4. The second-order valence-corrected chi connectivity index (χ2v) is 7.07. The number of rotatable bonds is 9. The fourth-order valence-corrected chi connectivity index (χ4v) is 3.10. The minimum absolute atomic E-state index is 0.0190. The Hall–Kier alpha value is -3.25. The van der Waals surface area contributed by atoms with Gasteiger partial charge in [0.2, 0.25) is 0 Å². The lowest BCUT2D eigenvalue weighted by Crippen LogP contribution is -2.27. The van der Waals surface area contributed by atoms with Crippen molar-refractivity contribution in [1.29, 1.82) is 0 Å². The molecule has 0 spiro atoms. The maximum atomic E-state index is 14.4. The monoisotopic (exact) mass is 411 g/mol. The first kappa shape index (κ1) is 21.5. The lowest BCUT2D eigenvalue weighted by molar-refractivity contribution is -0.137. The van der Waals surface area contributed by atoms with E-state index in [0.717, 1.165) is 11.3 Å². The second kappa shape index (κ2) is 9.98. The Morgan fingerprint density at radius 2 is 1.60 bits per heavy atom. The molecule has 0 aromatic heterocycles. The number of carbonyl (C=O) groups is 1. The number of nitrogens with zero attached hydrogens (tertiary/aromatic N) is 1. The molecule has 3 rings (SSSR count). The van der Waals surface area contributed by atoms with Crippen LogP contribution in [0.5, 0.6) is 11.5 Å². The van der Waals surface area contributed by atoms with Gasteiger partial charge in [0, 0.05) is 25.2 Å². The number of ether oxygens (including phenoxy) is 1. The van der Waals surface area contributed by atoms with E-state index in [4.69, 9.17) is 9.84 Å². The number of halogens is 2. The summed E-state index contributed by atoms with van der Waals surface area (Å²) >= 11 is 0. The zero-order valence-corrected chi connectivity index (χ0v) is 16.6. The van der Waals surface area contributed by atoms with Crippen molar-refractivity contribution in [2.45, 2.75) is 26.4 Å². The van der Waals surface area contributed by atoms with Gasteiger partial charge in [0.25, 0.3) is 0 Å². The topological polar surface area (TPSA) is 49.8 Å². The average molecular weight is 411 g/mol. The summed E-state index contributed by atoms with van der Waals surface area (Å²) in [6.45, 7) is 2.08. The summed E-state index contributed by atoms with van der Waals surface area (Å²) in [5.74, 6) is -0.805. The molecule has 3 aromatic carbocycles. The summed E-state index contributed by atoms with van der Waals surface area (Å²) in [4.78, 5) is 12.7. The molecule has 30 heavy (non-hydrogen) atoms. The number of hydrogen-bond donors (Lipinski definition) is 1. The summed E-state index contributed by atoms with van der Waals surface area (Å²) < 4.78 is 34.4. The molecule has 4 nitrogen and oxygen atoms in total.